The summed E-state index contributed by atoms with van der Waals surface area (Å²) in [7, 11) is 1.61. The highest BCUT2D eigenvalue weighted by Gasteiger charge is 2.64. The van der Waals surface area contributed by atoms with Gasteiger partial charge in [0, 0.05) is 12.1 Å². The van der Waals surface area contributed by atoms with Gasteiger partial charge in [-0.25, -0.2) is 0 Å². The van der Waals surface area contributed by atoms with Crippen molar-refractivity contribution in [3.63, 3.8) is 0 Å². The lowest BCUT2D eigenvalue weighted by atomic mass is 9.83. The minimum Gasteiger partial charge on any atom is -0.497 e. The third-order valence-corrected chi connectivity index (χ3v) is 8.82. The van der Waals surface area contributed by atoms with Crippen LogP contribution in [-0.4, -0.2) is 30.4 Å². The van der Waals surface area contributed by atoms with Crippen molar-refractivity contribution in [3.8, 4) is 5.75 Å². The van der Waals surface area contributed by atoms with Crippen LogP contribution in [0.2, 0.25) is 0 Å². The zero-order valence-electron chi connectivity index (χ0n) is 24.2. The minimum absolute atomic E-state index is 0.0693. The number of carbonyl (C=O) groups excluding carboxylic acids is 2. The molecule has 0 N–H and O–H groups in total. The Kier molecular flexibility index (Phi) is 6.20. The van der Waals surface area contributed by atoms with Gasteiger partial charge in [0.2, 0.25) is 5.76 Å². The largest absolute Gasteiger partial charge is 0.497 e. The Morgan fingerprint density at radius 1 is 0.814 bits per heavy atom. The van der Waals surface area contributed by atoms with Crippen LogP contribution < -0.4 is 15.1 Å². The number of aryl methyl sites for hydroxylation is 2. The normalized spacial score (nSPS) is 17.2. The number of ether oxygens (including phenoxy) is 1. The lowest BCUT2D eigenvalue weighted by Crippen LogP contribution is -2.53. The highest BCUT2D eigenvalue weighted by molar-refractivity contribution is 6.17. The molecule has 43 heavy (non-hydrogen) atoms. The van der Waals surface area contributed by atoms with Crippen molar-refractivity contribution >= 4 is 28.5 Å². The molecule has 7 nitrogen and oxygen atoms in total. The number of hydrogen-bond donors (Lipinski definition) is 0. The Labute approximate surface area is 248 Å². The fourth-order valence-electron chi connectivity index (χ4n) is 6.50. The van der Waals surface area contributed by atoms with Gasteiger partial charge in [-0.05, 0) is 72.9 Å². The first-order valence-electron chi connectivity index (χ1n) is 14.3. The van der Waals surface area contributed by atoms with Gasteiger partial charge >= 0.3 is 0 Å². The predicted molar refractivity (Wildman–Crippen MR) is 165 cm³/mol. The van der Waals surface area contributed by atoms with Crippen molar-refractivity contribution in [2.45, 2.75) is 32.4 Å². The van der Waals surface area contributed by atoms with E-state index in [1.54, 1.807) is 29.0 Å². The van der Waals surface area contributed by atoms with Gasteiger partial charge in [-0.15, -0.1) is 0 Å². The third kappa shape index (κ3) is 3.91. The highest BCUT2D eigenvalue weighted by atomic mass is 16.5. The first kappa shape index (κ1) is 26.7. The molecule has 1 aromatic heterocycles. The minimum atomic E-state index is -1.65. The summed E-state index contributed by atoms with van der Waals surface area (Å²) >= 11 is 0. The van der Waals surface area contributed by atoms with Gasteiger partial charge in [0.25, 0.3) is 11.8 Å². The van der Waals surface area contributed by atoms with Crippen molar-refractivity contribution in [2.24, 2.45) is 0 Å². The van der Waals surface area contributed by atoms with Crippen LogP contribution in [0.1, 0.15) is 43.9 Å². The molecule has 0 saturated carbocycles. The molecule has 1 spiro atoms. The standard InChI is InChI=1S/C36H30N2O5/c1-22-19-27-30(20-23(22)2)43-33-31(32(27)39)36(38(34(33)40)18-17-24-13-15-26(42-3)16-14-24)28-11-7-8-12-29(28)37(35(36)41)21-25-9-5-4-6-10-25/h4-16,19-20H,17-18,21H2,1-3H3. The number of hydrogen-bond acceptors (Lipinski definition) is 5. The summed E-state index contributed by atoms with van der Waals surface area (Å²) in [5.74, 6) is -0.145. The Morgan fingerprint density at radius 3 is 2.26 bits per heavy atom. The molecular weight excluding hydrogens is 540 g/mol. The Bertz CT molecular complexity index is 1980. The number of para-hydroxylation sites is 1. The zero-order chi connectivity index (χ0) is 29.9. The van der Waals surface area contributed by atoms with Crippen LogP contribution in [-0.2, 0) is 23.3 Å². The van der Waals surface area contributed by atoms with E-state index in [9.17, 15) is 14.4 Å². The van der Waals surface area contributed by atoms with E-state index >= 15 is 0 Å². The van der Waals surface area contributed by atoms with Crippen molar-refractivity contribution in [2.75, 3.05) is 18.6 Å². The molecule has 0 radical (unpaired) electrons. The molecule has 4 aromatic carbocycles. The van der Waals surface area contributed by atoms with Crippen LogP contribution in [0.4, 0.5) is 5.69 Å². The van der Waals surface area contributed by atoms with Gasteiger partial charge < -0.3 is 19.0 Å². The summed E-state index contributed by atoms with van der Waals surface area (Å²) < 4.78 is 11.6. The van der Waals surface area contributed by atoms with Gasteiger partial charge in [0.1, 0.15) is 11.3 Å². The highest BCUT2D eigenvalue weighted by Crippen LogP contribution is 2.53. The second-order valence-electron chi connectivity index (χ2n) is 11.2. The number of nitrogens with zero attached hydrogens (tertiary/aromatic N) is 2. The van der Waals surface area contributed by atoms with E-state index in [0.29, 0.717) is 35.2 Å². The van der Waals surface area contributed by atoms with Crippen LogP contribution in [0, 0.1) is 13.8 Å². The van der Waals surface area contributed by atoms with Gasteiger partial charge in [-0.1, -0.05) is 60.7 Å². The average molecular weight is 571 g/mol. The number of benzene rings is 4. The third-order valence-electron chi connectivity index (χ3n) is 8.82. The summed E-state index contributed by atoms with van der Waals surface area (Å²) in [5, 5.41) is 0.359. The van der Waals surface area contributed by atoms with Crippen molar-refractivity contribution in [3.05, 3.63) is 140 Å². The quantitative estimate of drug-likeness (QED) is 0.254. The lowest BCUT2D eigenvalue weighted by molar-refractivity contribution is -0.126. The number of carbonyl (C=O) groups is 2. The van der Waals surface area contributed by atoms with Gasteiger partial charge in [-0.3, -0.25) is 14.4 Å². The summed E-state index contributed by atoms with van der Waals surface area (Å²) in [6, 6.07) is 28.4. The molecule has 2 aliphatic rings. The Hall–Kier alpha value is -5.17. The van der Waals surface area contributed by atoms with Crippen LogP contribution >= 0.6 is 0 Å². The number of amides is 2. The predicted octanol–water partition coefficient (Wildman–Crippen LogP) is 5.91. The number of fused-ring (bicyclic) bond motifs is 5. The van der Waals surface area contributed by atoms with Gasteiger partial charge in [0.15, 0.2) is 11.0 Å². The molecule has 2 aliphatic heterocycles. The molecule has 5 aromatic rings. The SMILES string of the molecule is COc1ccc(CCN2C(=O)c3oc4cc(C)c(C)cc4c(=O)c3C23C(=O)N(Cc2ccccc2)c2ccccc23)cc1. The molecule has 3 heterocycles. The van der Waals surface area contributed by atoms with Gasteiger partial charge in [-0.2, -0.15) is 0 Å². The van der Waals surface area contributed by atoms with Crippen LogP contribution in [0.25, 0.3) is 11.0 Å². The zero-order valence-corrected chi connectivity index (χ0v) is 24.2. The molecule has 0 saturated heterocycles. The first-order chi connectivity index (χ1) is 20.8. The van der Waals surface area contributed by atoms with Crippen LogP contribution in [0.3, 0.4) is 0 Å². The molecule has 0 fully saturated rings. The topological polar surface area (TPSA) is 80.1 Å². The maximum Gasteiger partial charge on any atom is 0.291 e. The first-order valence-corrected chi connectivity index (χ1v) is 14.3. The lowest BCUT2D eigenvalue weighted by Gasteiger charge is -2.34. The van der Waals surface area contributed by atoms with Crippen LogP contribution in [0.15, 0.2) is 100 Å². The maximum absolute atomic E-state index is 14.9. The molecule has 214 valence electrons. The van der Waals surface area contributed by atoms with Gasteiger partial charge in [0.05, 0.1) is 30.3 Å². The maximum atomic E-state index is 14.9. The molecule has 1 atom stereocenters. The smallest absolute Gasteiger partial charge is 0.291 e. The van der Waals surface area contributed by atoms with E-state index < -0.39 is 11.4 Å². The second-order valence-corrected chi connectivity index (χ2v) is 11.2. The molecule has 7 rings (SSSR count). The van der Waals surface area contributed by atoms with Crippen molar-refractivity contribution in [1.82, 2.24) is 4.90 Å². The Balaban J connectivity index is 1.45. The van der Waals surface area contributed by atoms with E-state index in [1.165, 1.54) is 0 Å². The van der Waals surface area contributed by atoms with Crippen molar-refractivity contribution in [1.29, 1.82) is 0 Å². The number of methoxy groups -OCH3 is 1. The summed E-state index contributed by atoms with van der Waals surface area (Å²) in [6.07, 6.45) is 0.464. The van der Waals surface area contributed by atoms with Crippen LogP contribution in [0.5, 0.6) is 5.75 Å². The molecule has 2 amide bonds. The molecular formula is C36H30N2O5. The molecule has 1 unspecified atom stereocenters. The van der Waals surface area contributed by atoms with E-state index in [0.717, 1.165) is 28.0 Å². The summed E-state index contributed by atoms with van der Waals surface area (Å²) in [6.45, 7) is 4.36. The number of rotatable bonds is 6. The summed E-state index contributed by atoms with van der Waals surface area (Å²) in [4.78, 5) is 47.0. The molecule has 0 aliphatic carbocycles. The fraction of sp³-hybridized carbons (Fsp3) is 0.194. The van der Waals surface area contributed by atoms with E-state index in [-0.39, 0.29) is 29.2 Å². The fourth-order valence-corrected chi connectivity index (χ4v) is 6.50. The van der Waals surface area contributed by atoms with E-state index in [1.807, 2.05) is 92.7 Å². The monoisotopic (exact) mass is 570 g/mol. The van der Waals surface area contributed by atoms with E-state index in [4.69, 9.17) is 9.15 Å². The number of anilines is 1. The molecule has 7 heteroatoms. The average Bonchev–Trinajstić information content (AvgIpc) is 3.42. The van der Waals surface area contributed by atoms with E-state index in [2.05, 4.69) is 0 Å². The van der Waals surface area contributed by atoms with Crippen molar-refractivity contribution < 1.29 is 18.7 Å². The Morgan fingerprint density at radius 2 is 1.51 bits per heavy atom. The summed E-state index contributed by atoms with van der Waals surface area (Å²) in [5.41, 5.74) is 3.48. The second kappa shape index (κ2) is 9.98. The molecule has 0 bridgehead atoms.